The minimum atomic E-state index is -0.955. The van der Waals surface area contributed by atoms with Crippen LogP contribution in [-0.4, -0.2) is 11.9 Å². The smallest absolute Gasteiger partial charge is 0.231 e. The number of allylic oxidation sites excluding steroid dienone is 1. The summed E-state index contributed by atoms with van der Waals surface area (Å²) in [5.74, 6) is 1.62. The topological polar surface area (TPSA) is 38.7 Å². The van der Waals surface area contributed by atoms with Gasteiger partial charge < -0.3 is 14.6 Å². The highest BCUT2D eigenvalue weighted by Gasteiger charge is 2.30. The molecule has 3 nitrogen and oxygen atoms in total. The molecule has 0 bridgehead atoms. The average Bonchev–Trinajstić information content (AvgIpc) is 3.25. The SMILES string of the molecule is OC(CCCCC=Cc1ccc2c(c1)OCO2)(c1ccccc1)c1ccccc1. The van der Waals surface area contributed by atoms with Crippen LogP contribution in [0, 0.1) is 0 Å². The first-order valence-corrected chi connectivity index (χ1v) is 10.2. The zero-order valence-electron chi connectivity index (χ0n) is 16.5. The van der Waals surface area contributed by atoms with Crippen LogP contribution >= 0.6 is 0 Å². The van der Waals surface area contributed by atoms with Crippen molar-refractivity contribution in [2.45, 2.75) is 31.3 Å². The number of fused-ring (bicyclic) bond motifs is 1. The molecule has 0 fully saturated rings. The number of hydrogen-bond donors (Lipinski definition) is 1. The van der Waals surface area contributed by atoms with Gasteiger partial charge in [-0.3, -0.25) is 0 Å². The Balaban J connectivity index is 1.35. The van der Waals surface area contributed by atoms with Gasteiger partial charge in [0.15, 0.2) is 11.5 Å². The molecule has 1 heterocycles. The van der Waals surface area contributed by atoms with E-state index in [0.717, 1.165) is 47.5 Å². The van der Waals surface area contributed by atoms with E-state index < -0.39 is 5.60 Å². The van der Waals surface area contributed by atoms with Gasteiger partial charge in [0.25, 0.3) is 0 Å². The first-order valence-electron chi connectivity index (χ1n) is 10.2. The summed E-state index contributed by atoms with van der Waals surface area (Å²) in [6.07, 6.45) is 7.91. The molecule has 0 spiro atoms. The number of rotatable bonds is 8. The first kappa shape index (κ1) is 19.3. The highest BCUT2D eigenvalue weighted by molar-refractivity contribution is 5.56. The van der Waals surface area contributed by atoms with Crippen LogP contribution in [0.3, 0.4) is 0 Å². The first-order chi connectivity index (χ1) is 14.3. The van der Waals surface area contributed by atoms with Crippen molar-refractivity contribution in [1.82, 2.24) is 0 Å². The lowest BCUT2D eigenvalue weighted by atomic mass is 9.82. The van der Waals surface area contributed by atoms with Crippen LogP contribution in [0.1, 0.15) is 42.4 Å². The van der Waals surface area contributed by atoms with Crippen LogP contribution in [0.2, 0.25) is 0 Å². The molecule has 0 radical (unpaired) electrons. The summed E-state index contributed by atoms with van der Waals surface area (Å²) in [5, 5.41) is 11.5. The van der Waals surface area contributed by atoms with E-state index >= 15 is 0 Å². The maximum Gasteiger partial charge on any atom is 0.231 e. The minimum absolute atomic E-state index is 0.300. The lowest BCUT2D eigenvalue weighted by Gasteiger charge is -2.29. The van der Waals surface area contributed by atoms with E-state index in [2.05, 4.69) is 12.2 Å². The molecule has 1 aliphatic rings. The summed E-state index contributed by atoms with van der Waals surface area (Å²) >= 11 is 0. The van der Waals surface area contributed by atoms with Crippen LogP contribution in [0.5, 0.6) is 11.5 Å². The lowest BCUT2D eigenvalue weighted by Crippen LogP contribution is -2.27. The Labute approximate surface area is 172 Å². The lowest BCUT2D eigenvalue weighted by molar-refractivity contribution is 0.0682. The summed E-state index contributed by atoms with van der Waals surface area (Å²) in [4.78, 5) is 0. The fraction of sp³-hybridized carbons (Fsp3) is 0.231. The van der Waals surface area contributed by atoms with Gasteiger partial charge in [0.1, 0.15) is 5.60 Å². The van der Waals surface area contributed by atoms with E-state index in [-0.39, 0.29) is 0 Å². The third-order valence-corrected chi connectivity index (χ3v) is 5.37. The number of hydrogen-bond acceptors (Lipinski definition) is 3. The minimum Gasteiger partial charge on any atom is -0.454 e. The van der Waals surface area contributed by atoms with Gasteiger partial charge in [0.2, 0.25) is 6.79 Å². The van der Waals surface area contributed by atoms with Crippen molar-refractivity contribution in [3.63, 3.8) is 0 Å². The van der Waals surface area contributed by atoms with Crippen molar-refractivity contribution >= 4 is 6.08 Å². The fourth-order valence-corrected chi connectivity index (χ4v) is 3.76. The number of aliphatic hydroxyl groups is 1. The molecule has 3 aromatic rings. The van der Waals surface area contributed by atoms with E-state index in [1.54, 1.807) is 0 Å². The second-order valence-corrected chi connectivity index (χ2v) is 7.35. The van der Waals surface area contributed by atoms with Crippen molar-refractivity contribution in [1.29, 1.82) is 0 Å². The Bertz CT molecular complexity index is 909. The Hall–Kier alpha value is -3.04. The third kappa shape index (κ3) is 4.52. The Morgan fingerprint density at radius 2 is 1.45 bits per heavy atom. The largest absolute Gasteiger partial charge is 0.454 e. The molecule has 0 aromatic heterocycles. The normalized spacial score (nSPS) is 13.1. The van der Waals surface area contributed by atoms with Crippen LogP contribution in [0.15, 0.2) is 84.9 Å². The molecule has 1 aliphatic heterocycles. The second kappa shape index (κ2) is 8.97. The van der Waals surface area contributed by atoms with Crippen molar-refractivity contribution in [3.05, 3.63) is 102 Å². The van der Waals surface area contributed by atoms with E-state index in [1.165, 1.54) is 0 Å². The molecule has 3 heteroatoms. The molecule has 4 rings (SSSR count). The van der Waals surface area contributed by atoms with Crippen LogP contribution in [0.4, 0.5) is 0 Å². The maximum absolute atomic E-state index is 11.5. The number of ether oxygens (including phenoxy) is 2. The van der Waals surface area contributed by atoms with E-state index in [1.807, 2.05) is 78.9 Å². The molecular formula is C26H26O3. The van der Waals surface area contributed by atoms with Gasteiger partial charge in [-0.15, -0.1) is 0 Å². The molecule has 29 heavy (non-hydrogen) atoms. The molecule has 0 saturated carbocycles. The molecule has 148 valence electrons. The highest BCUT2D eigenvalue weighted by atomic mass is 16.7. The van der Waals surface area contributed by atoms with Crippen LogP contribution < -0.4 is 9.47 Å². The molecule has 0 saturated heterocycles. The molecular weight excluding hydrogens is 360 g/mol. The van der Waals surface area contributed by atoms with E-state index in [4.69, 9.17) is 9.47 Å². The Morgan fingerprint density at radius 3 is 2.14 bits per heavy atom. The summed E-state index contributed by atoms with van der Waals surface area (Å²) < 4.78 is 10.8. The van der Waals surface area contributed by atoms with E-state index in [0.29, 0.717) is 13.2 Å². The number of unbranched alkanes of at least 4 members (excludes halogenated alkanes) is 2. The summed E-state index contributed by atoms with van der Waals surface area (Å²) in [6, 6.07) is 25.9. The Morgan fingerprint density at radius 1 is 0.793 bits per heavy atom. The van der Waals surface area contributed by atoms with Crippen LogP contribution in [0.25, 0.3) is 6.08 Å². The fourth-order valence-electron chi connectivity index (χ4n) is 3.76. The van der Waals surface area contributed by atoms with Crippen molar-refractivity contribution in [3.8, 4) is 11.5 Å². The van der Waals surface area contributed by atoms with Gasteiger partial charge >= 0.3 is 0 Å². The zero-order chi connectivity index (χ0) is 19.9. The Kier molecular flexibility index (Phi) is 5.97. The highest BCUT2D eigenvalue weighted by Crippen LogP contribution is 2.35. The van der Waals surface area contributed by atoms with Crippen molar-refractivity contribution in [2.75, 3.05) is 6.79 Å². The molecule has 0 amide bonds. The van der Waals surface area contributed by atoms with Gasteiger partial charge in [0.05, 0.1) is 0 Å². The summed E-state index contributed by atoms with van der Waals surface area (Å²) in [7, 11) is 0. The predicted molar refractivity (Wildman–Crippen MR) is 116 cm³/mol. The molecule has 0 unspecified atom stereocenters. The van der Waals surface area contributed by atoms with Gasteiger partial charge in [-0.1, -0.05) is 78.9 Å². The maximum atomic E-state index is 11.5. The molecule has 0 atom stereocenters. The number of benzene rings is 3. The predicted octanol–water partition coefficient (Wildman–Crippen LogP) is 5.93. The van der Waals surface area contributed by atoms with E-state index in [9.17, 15) is 5.11 Å². The van der Waals surface area contributed by atoms with Gasteiger partial charge in [-0.05, 0) is 54.5 Å². The summed E-state index contributed by atoms with van der Waals surface area (Å²) in [5.41, 5.74) is 2.05. The average molecular weight is 386 g/mol. The van der Waals surface area contributed by atoms with Crippen LogP contribution in [-0.2, 0) is 5.60 Å². The standard InChI is InChI=1S/C26H26O3/c27-26(22-12-6-3-7-13-22,23-14-8-4-9-15-23)18-10-2-1-5-11-21-16-17-24-25(19-21)29-20-28-24/h3-9,11-17,19,27H,1-2,10,18,20H2. The second-order valence-electron chi connectivity index (χ2n) is 7.35. The van der Waals surface area contributed by atoms with Gasteiger partial charge in [-0.2, -0.15) is 0 Å². The molecule has 0 aliphatic carbocycles. The zero-order valence-corrected chi connectivity index (χ0v) is 16.5. The monoisotopic (exact) mass is 386 g/mol. The molecule has 1 N–H and O–H groups in total. The molecule has 3 aromatic carbocycles. The van der Waals surface area contributed by atoms with Crippen molar-refractivity contribution in [2.24, 2.45) is 0 Å². The van der Waals surface area contributed by atoms with Gasteiger partial charge in [-0.25, -0.2) is 0 Å². The third-order valence-electron chi connectivity index (χ3n) is 5.37. The quantitative estimate of drug-likeness (QED) is 0.488. The van der Waals surface area contributed by atoms with Gasteiger partial charge in [0, 0.05) is 0 Å². The van der Waals surface area contributed by atoms with Crippen molar-refractivity contribution < 1.29 is 14.6 Å². The summed E-state index contributed by atoms with van der Waals surface area (Å²) in [6.45, 7) is 0.300.